The molecule has 0 spiro atoms. The predicted octanol–water partition coefficient (Wildman–Crippen LogP) is 5.67. The number of rotatable bonds is 10. The van der Waals surface area contributed by atoms with E-state index in [-0.39, 0.29) is 24.2 Å². The summed E-state index contributed by atoms with van der Waals surface area (Å²) in [6, 6.07) is 11.3. The maximum Gasteiger partial charge on any atom is 0.336 e. The van der Waals surface area contributed by atoms with Crippen molar-refractivity contribution >= 4 is 11.8 Å². The zero-order chi connectivity index (χ0) is 29.0. The number of Topliss-reactive ketones (excluding diaryl/α,β-unsaturated/α-hetero) is 1. The van der Waals surface area contributed by atoms with Crippen molar-refractivity contribution in [3.8, 4) is 23.0 Å². The predicted molar refractivity (Wildman–Crippen MR) is 152 cm³/mol. The highest BCUT2D eigenvalue weighted by Crippen LogP contribution is 2.47. The number of esters is 1. The van der Waals surface area contributed by atoms with Crippen LogP contribution < -0.4 is 24.3 Å². The molecule has 0 bridgehead atoms. The lowest BCUT2D eigenvalue weighted by molar-refractivity contribution is -0.140. The highest BCUT2D eigenvalue weighted by atomic mass is 16.5. The lowest BCUT2D eigenvalue weighted by Gasteiger charge is -2.37. The van der Waals surface area contributed by atoms with E-state index >= 15 is 0 Å². The third kappa shape index (κ3) is 5.81. The van der Waals surface area contributed by atoms with Crippen LogP contribution in [0.4, 0.5) is 0 Å². The molecule has 1 aliphatic carbocycles. The number of carbonyl (C=O) groups is 2. The molecule has 0 amide bonds. The molecule has 8 heteroatoms. The SMILES string of the molecule is CCOc1ccc([C@H]2C(C(=O)OCC(C)C)=C(C)NC3=C2C(=O)C[C@@H](c2ccc(OC)c(OC)c2)C3)cc1OC. The van der Waals surface area contributed by atoms with Crippen molar-refractivity contribution in [2.75, 3.05) is 34.5 Å². The maximum absolute atomic E-state index is 14.0. The summed E-state index contributed by atoms with van der Waals surface area (Å²) < 4.78 is 27.9. The highest BCUT2D eigenvalue weighted by Gasteiger charge is 2.42. The molecule has 0 fully saturated rings. The lowest BCUT2D eigenvalue weighted by atomic mass is 9.71. The zero-order valence-electron chi connectivity index (χ0n) is 24.4. The van der Waals surface area contributed by atoms with Gasteiger partial charge >= 0.3 is 5.97 Å². The van der Waals surface area contributed by atoms with Gasteiger partial charge < -0.3 is 29.0 Å². The Morgan fingerprint density at radius 3 is 2.20 bits per heavy atom. The molecule has 0 aromatic heterocycles. The Hall–Kier alpha value is -3.94. The van der Waals surface area contributed by atoms with Crippen molar-refractivity contribution in [1.82, 2.24) is 5.32 Å². The van der Waals surface area contributed by atoms with E-state index in [1.807, 2.05) is 64.1 Å². The number of hydrogen-bond acceptors (Lipinski definition) is 8. The molecule has 2 aromatic carbocycles. The summed E-state index contributed by atoms with van der Waals surface area (Å²) in [6.45, 7) is 8.52. The van der Waals surface area contributed by atoms with E-state index in [2.05, 4.69) is 5.32 Å². The average molecular weight is 550 g/mol. The van der Waals surface area contributed by atoms with E-state index in [9.17, 15) is 9.59 Å². The van der Waals surface area contributed by atoms with Crippen molar-refractivity contribution < 1.29 is 33.3 Å². The van der Waals surface area contributed by atoms with Gasteiger partial charge in [0.25, 0.3) is 0 Å². The van der Waals surface area contributed by atoms with Crippen LogP contribution in [0.2, 0.25) is 0 Å². The standard InChI is InChI=1S/C32H39NO7/c1-8-39-26-12-10-21(16-28(26)38-7)30-29(32(35)40-17-18(2)3)19(4)33-23-13-22(14-24(34)31(23)30)20-9-11-25(36-5)27(15-20)37-6/h9-12,15-16,18,22,30,33H,8,13-14,17H2,1-7H3/t22-,30-/m0/s1. The fourth-order valence-corrected chi connectivity index (χ4v) is 5.44. The van der Waals surface area contributed by atoms with Gasteiger partial charge in [0, 0.05) is 29.3 Å². The normalized spacial score (nSPS) is 18.8. The van der Waals surface area contributed by atoms with Crippen molar-refractivity contribution in [2.45, 2.75) is 52.4 Å². The summed E-state index contributed by atoms with van der Waals surface area (Å²) >= 11 is 0. The Kier molecular flexibility index (Phi) is 9.07. The van der Waals surface area contributed by atoms with E-state index in [0.717, 1.165) is 16.8 Å². The molecule has 0 saturated heterocycles. The highest BCUT2D eigenvalue weighted by molar-refractivity contribution is 6.04. The molecule has 1 aliphatic heterocycles. The molecule has 0 unspecified atom stereocenters. The van der Waals surface area contributed by atoms with Crippen LogP contribution in [-0.4, -0.2) is 46.3 Å². The molecule has 1 heterocycles. The summed E-state index contributed by atoms with van der Waals surface area (Å²) in [6.07, 6.45) is 0.904. The minimum atomic E-state index is -0.598. The van der Waals surface area contributed by atoms with Gasteiger partial charge in [0.15, 0.2) is 28.8 Å². The molecule has 0 saturated carbocycles. The molecular weight excluding hydrogens is 510 g/mol. The van der Waals surface area contributed by atoms with Crippen molar-refractivity contribution in [1.29, 1.82) is 0 Å². The molecule has 0 radical (unpaired) electrons. The Morgan fingerprint density at radius 1 is 0.925 bits per heavy atom. The first-order valence-corrected chi connectivity index (χ1v) is 13.7. The third-order valence-electron chi connectivity index (χ3n) is 7.30. The number of nitrogens with one attached hydrogen (secondary N) is 1. The van der Waals surface area contributed by atoms with Crippen LogP contribution in [0.1, 0.15) is 63.5 Å². The molecule has 2 aromatic rings. The second-order valence-corrected chi connectivity index (χ2v) is 10.5. The summed E-state index contributed by atoms with van der Waals surface area (Å²) in [4.78, 5) is 27.4. The van der Waals surface area contributed by atoms with Gasteiger partial charge in [0.1, 0.15) is 0 Å². The van der Waals surface area contributed by atoms with E-state index in [1.54, 1.807) is 21.3 Å². The van der Waals surface area contributed by atoms with Gasteiger partial charge in [0.2, 0.25) is 0 Å². The van der Waals surface area contributed by atoms with Crippen LogP contribution in [0.3, 0.4) is 0 Å². The van der Waals surface area contributed by atoms with Crippen LogP contribution in [0.5, 0.6) is 23.0 Å². The van der Waals surface area contributed by atoms with Crippen molar-refractivity contribution in [3.05, 3.63) is 70.1 Å². The van der Waals surface area contributed by atoms with Gasteiger partial charge in [-0.05, 0) is 67.5 Å². The Balaban J connectivity index is 1.79. The maximum atomic E-state index is 14.0. The molecule has 4 rings (SSSR count). The second kappa shape index (κ2) is 12.5. The smallest absolute Gasteiger partial charge is 0.336 e. The fraction of sp³-hybridized carbons (Fsp3) is 0.438. The number of methoxy groups -OCH3 is 3. The number of benzene rings is 2. The summed E-state index contributed by atoms with van der Waals surface area (Å²) in [5.41, 5.74) is 4.26. The Bertz CT molecular complexity index is 1340. The number of ether oxygens (including phenoxy) is 5. The van der Waals surface area contributed by atoms with Crippen LogP contribution in [-0.2, 0) is 14.3 Å². The number of dihydropyridines is 1. The van der Waals surface area contributed by atoms with Crippen LogP contribution in [0.15, 0.2) is 58.9 Å². The van der Waals surface area contributed by atoms with E-state index in [0.29, 0.717) is 59.3 Å². The largest absolute Gasteiger partial charge is 0.493 e. The molecule has 40 heavy (non-hydrogen) atoms. The topological polar surface area (TPSA) is 92.3 Å². The zero-order valence-corrected chi connectivity index (χ0v) is 24.4. The van der Waals surface area contributed by atoms with E-state index in [1.165, 1.54) is 0 Å². The molecule has 8 nitrogen and oxygen atoms in total. The monoisotopic (exact) mass is 549 g/mol. The van der Waals surface area contributed by atoms with Gasteiger partial charge in [-0.1, -0.05) is 26.0 Å². The van der Waals surface area contributed by atoms with Gasteiger partial charge in [0.05, 0.1) is 40.1 Å². The molecule has 2 aliphatic rings. The minimum Gasteiger partial charge on any atom is -0.493 e. The Morgan fingerprint density at radius 2 is 1.55 bits per heavy atom. The van der Waals surface area contributed by atoms with Gasteiger partial charge in [-0.25, -0.2) is 4.79 Å². The van der Waals surface area contributed by atoms with Crippen molar-refractivity contribution in [3.63, 3.8) is 0 Å². The minimum absolute atomic E-state index is 0.0203. The van der Waals surface area contributed by atoms with Crippen LogP contribution >= 0.6 is 0 Å². The van der Waals surface area contributed by atoms with Crippen LogP contribution in [0.25, 0.3) is 0 Å². The van der Waals surface area contributed by atoms with E-state index < -0.39 is 11.9 Å². The summed E-state index contributed by atoms with van der Waals surface area (Å²) in [5.74, 6) is 1.47. The molecular formula is C32H39NO7. The lowest BCUT2D eigenvalue weighted by Crippen LogP contribution is -2.36. The summed E-state index contributed by atoms with van der Waals surface area (Å²) in [7, 11) is 4.77. The second-order valence-electron chi connectivity index (χ2n) is 10.5. The van der Waals surface area contributed by atoms with Crippen molar-refractivity contribution in [2.24, 2.45) is 5.92 Å². The first-order valence-electron chi connectivity index (χ1n) is 13.7. The first-order chi connectivity index (χ1) is 19.2. The Labute approximate surface area is 236 Å². The molecule has 1 N–H and O–H groups in total. The molecule has 2 atom stereocenters. The van der Waals surface area contributed by atoms with Gasteiger partial charge in [-0.3, -0.25) is 4.79 Å². The van der Waals surface area contributed by atoms with Gasteiger partial charge in [-0.15, -0.1) is 0 Å². The fourth-order valence-electron chi connectivity index (χ4n) is 5.44. The molecule has 214 valence electrons. The van der Waals surface area contributed by atoms with Gasteiger partial charge in [-0.2, -0.15) is 0 Å². The van der Waals surface area contributed by atoms with E-state index in [4.69, 9.17) is 23.7 Å². The first kappa shape index (κ1) is 29.1. The number of hydrogen-bond donors (Lipinski definition) is 1. The number of ketones is 1. The average Bonchev–Trinajstić information content (AvgIpc) is 2.94. The number of allylic oxidation sites excluding steroid dienone is 3. The summed E-state index contributed by atoms with van der Waals surface area (Å²) in [5, 5.41) is 3.40. The third-order valence-corrected chi connectivity index (χ3v) is 7.30. The van der Waals surface area contributed by atoms with Crippen LogP contribution in [0, 0.1) is 5.92 Å². The quantitative estimate of drug-likeness (QED) is 0.379. The number of carbonyl (C=O) groups excluding carboxylic acids is 2.